The molecule has 0 saturated heterocycles. The molecule has 0 radical (unpaired) electrons. The highest BCUT2D eigenvalue weighted by atomic mass is 35.6. The highest BCUT2D eigenvalue weighted by Gasteiger charge is 2.35. The highest BCUT2D eigenvalue weighted by Crippen LogP contribution is 2.32. The fourth-order valence-corrected chi connectivity index (χ4v) is 0.882. The third kappa shape index (κ3) is 4.13. The highest BCUT2D eigenvalue weighted by molar-refractivity contribution is 6.68. The number of aldehydes is 1. The quantitative estimate of drug-likeness (QED) is 0.544. The van der Waals surface area contributed by atoms with Crippen LogP contribution in [-0.4, -0.2) is 32.5 Å². The number of carbonyl (C=O) groups is 1. The summed E-state index contributed by atoms with van der Waals surface area (Å²) >= 11 is 15.7. The van der Waals surface area contributed by atoms with E-state index >= 15 is 0 Å². The van der Waals surface area contributed by atoms with Crippen molar-refractivity contribution in [2.75, 3.05) is 0 Å². The van der Waals surface area contributed by atoms with Gasteiger partial charge >= 0.3 is 0 Å². The third-order valence-corrected chi connectivity index (χ3v) is 1.71. The van der Waals surface area contributed by atoms with Gasteiger partial charge < -0.3 is 15.0 Å². The van der Waals surface area contributed by atoms with Gasteiger partial charge in [-0.25, -0.2) is 0 Å². The molecule has 2 N–H and O–H groups in total. The van der Waals surface area contributed by atoms with Crippen LogP contribution < -0.4 is 0 Å². The van der Waals surface area contributed by atoms with Crippen molar-refractivity contribution in [1.29, 1.82) is 0 Å². The van der Waals surface area contributed by atoms with Gasteiger partial charge in [-0.05, 0) is 0 Å². The molecule has 3 nitrogen and oxygen atoms in total. The zero-order chi connectivity index (χ0) is 9.07. The van der Waals surface area contributed by atoms with E-state index in [0.717, 1.165) is 0 Å². The lowest BCUT2D eigenvalue weighted by molar-refractivity contribution is -0.111. The Hall–Kier alpha value is 0.460. The molecule has 0 spiro atoms. The minimum absolute atomic E-state index is 0.255. The monoisotopic (exact) mass is 220 g/mol. The van der Waals surface area contributed by atoms with Gasteiger partial charge in [-0.1, -0.05) is 34.8 Å². The molecule has 0 aromatic rings. The SMILES string of the molecule is O=CCC(O)C(O)C(Cl)(Cl)Cl. The van der Waals surface area contributed by atoms with E-state index in [1.165, 1.54) is 0 Å². The molecule has 11 heavy (non-hydrogen) atoms. The standard InChI is InChI=1S/C5H7Cl3O3/c6-5(7,8)4(11)3(10)1-2-9/h2-4,10-11H,1H2. The molecule has 0 aliphatic carbocycles. The molecule has 0 bridgehead atoms. The molecule has 0 aromatic carbocycles. The van der Waals surface area contributed by atoms with Crippen LogP contribution in [0.4, 0.5) is 0 Å². The Kier molecular flexibility index (Phi) is 4.66. The van der Waals surface area contributed by atoms with Gasteiger partial charge in [-0.3, -0.25) is 0 Å². The largest absolute Gasteiger partial charge is 0.390 e. The van der Waals surface area contributed by atoms with Crippen molar-refractivity contribution in [3.8, 4) is 0 Å². The van der Waals surface area contributed by atoms with E-state index in [1.54, 1.807) is 0 Å². The van der Waals surface area contributed by atoms with Gasteiger partial charge in [-0.15, -0.1) is 0 Å². The summed E-state index contributed by atoms with van der Waals surface area (Å²) in [5, 5.41) is 17.9. The van der Waals surface area contributed by atoms with Gasteiger partial charge in [-0.2, -0.15) is 0 Å². The van der Waals surface area contributed by atoms with Crippen molar-refractivity contribution in [2.45, 2.75) is 22.4 Å². The molecule has 0 heterocycles. The second-order valence-corrected chi connectivity index (χ2v) is 4.33. The van der Waals surface area contributed by atoms with Crippen molar-refractivity contribution in [3.05, 3.63) is 0 Å². The molecule has 0 amide bonds. The van der Waals surface area contributed by atoms with Crippen LogP contribution in [0.5, 0.6) is 0 Å². The number of halogens is 3. The molecule has 2 atom stereocenters. The van der Waals surface area contributed by atoms with Crippen molar-refractivity contribution >= 4 is 41.1 Å². The van der Waals surface area contributed by atoms with Crippen LogP contribution in [0.1, 0.15) is 6.42 Å². The maximum absolute atomic E-state index is 9.85. The molecule has 0 fully saturated rings. The summed E-state index contributed by atoms with van der Waals surface area (Å²) in [7, 11) is 0. The van der Waals surface area contributed by atoms with Gasteiger partial charge in [0, 0.05) is 6.42 Å². The Morgan fingerprint density at radius 3 is 2.09 bits per heavy atom. The minimum Gasteiger partial charge on any atom is -0.390 e. The van der Waals surface area contributed by atoms with Gasteiger partial charge in [0.1, 0.15) is 12.4 Å². The second kappa shape index (κ2) is 4.48. The molecule has 2 unspecified atom stereocenters. The Balaban J connectivity index is 4.01. The summed E-state index contributed by atoms with van der Waals surface area (Å²) in [6.07, 6.45) is -2.70. The summed E-state index contributed by atoms with van der Waals surface area (Å²) < 4.78 is -1.96. The number of aliphatic hydroxyl groups is 2. The minimum atomic E-state index is -1.96. The molecule has 0 aromatic heterocycles. The smallest absolute Gasteiger partial charge is 0.218 e. The zero-order valence-electron chi connectivity index (χ0n) is 5.38. The van der Waals surface area contributed by atoms with Crippen LogP contribution in [-0.2, 0) is 4.79 Å². The first-order valence-electron chi connectivity index (χ1n) is 2.76. The normalized spacial score (nSPS) is 17.5. The summed E-state index contributed by atoms with van der Waals surface area (Å²) in [6.45, 7) is 0. The van der Waals surface area contributed by atoms with Gasteiger partial charge in [0.2, 0.25) is 3.79 Å². The van der Waals surface area contributed by atoms with E-state index in [1.807, 2.05) is 0 Å². The maximum atomic E-state index is 9.85. The van der Waals surface area contributed by atoms with Crippen molar-refractivity contribution < 1.29 is 15.0 Å². The van der Waals surface area contributed by atoms with Crippen molar-refractivity contribution in [1.82, 2.24) is 0 Å². The van der Waals surface area contributed by atoms with E-state index in [-0.39, 0.29) is 6.42 Å². The average molecular weight is 221 g/mol. The number of hydrogen-bond acceptors (Lipinski definition) is 3. The lowest BCUT2D eigenvalue weighted by Gasteiger charge is -2.22. The third-order valence-electron chi connectivity index (χ3n) is 1.04. The van der Waals surface area contributed by atoms with Crippen LogP contribution in [0.15, 0.2) is 0 Å². The molecule has 0 aliphatic rings. The average Bonchev–Trinajstić information content (AvgIpc) is 1.85. The summed E-state index contributed by atoms with van der Waals surface area (Å²) in [5.74, 6) is 0. The number of carbonyl (C=O) groups excluding carboxylic acids is 1. The first kappa shape index (κ1) is 11.5. The van der Waals surface area contributed by atoms with E-state index in [9.17, 15) is 4.79 Å². The fourth-order valence-electron chi connectivity index (χ4n) is 0.446. The molecule has 6 heteroatoms. The Labute approximate surface area is 78.9 Å². The first-order valence-corrected chi connectivity index (χ1v) is 3.89. The summed E-state index contributed by atoms with van der Waals surface area (Å²) in [5.41, 5.74) is 0. The number of alkyl halides is 3. The van der Waals surface area contributed by atoms with E-state index in [2.05, 4.69) is 0 Å². The number of hydrogen-bond donors (Lipinski definition) is 2. The fraction of sp³-hybridized carbons (Fsp3) is 0.800. The van der Waals surface area contributed by atoms with Crippen LogP contribution in [0, 0.1) is 0 Å². The van der Waals surface area contributed by atoms with Crippen LogP contribution >= 0.6 is 34.8 Å². The molecule has 0 aliphatic heterocycles. The molecule has 0 rings (SSSR count). The van der Waals surface area contributed by atoms with E-state index in [0.29, 0.717) is 6.29 Å². The van der Waals surface area contributed by atoms with Gasteiger partial charge in [0.15, 0.2) is 0 Å². The van der Waals surface area contributed by atoms with Crippen molar-refractivity contribution in [2.24, 2.45) is 0 Å². The van der Waals surface area contributed by atoms with E-state index in [4.69, 9.17) is 45.0 Å². The topological polar surface area (TPSA) is 57.5 Å². The summed E-state index contributed by atoms with van der Waals surface area (Å²) in [4.78, 5) is 9.85. The molecular weight excluding hydrogens is 214 g/mol. The van der Waals surface area contributed by atoms with Gasteiger partial charge in [0.05, 0.1) is 6.10 Å². The van der Waals surface area contributed by atoms with Crippen molar-refractivity contribution in [3.63, 3.8) is 0 Å². The Bertz CT molecular complexity index is 133. The summed E-state index contributed by atoms with van der Waals surface area (Å²) in [6, 6.07) is 0. The molecule has 66 valence electrons. The number of aliphatic hydroxyl groups excluding tert-OH is 2. The zero-order valence-corrected chi connectivity index (χ0v) is 7.64. The maximum Gasteiger partial charge on any atom is 0.218 e. The lowest BCUT2D eigenvalue weighted by atomic mass is 10.2. The first-order chi connectivity index (χ1) is 4.89. The Morgan fingerprint density at radius 1 is 1.36 bits per heavy atom. The lowest BCUT2D eigenvalue weighted by Crippen LogP contribution is -2.37. The second-order valence-electron chi connectivity index (χ2n) is 1.96. The van der Waals surface area contributed by atoms with Crippen LogP contribution in [0.3, 0.4) is 0 Å². The van der Waals surface area contributed by atoms with E-state index < -0.39 is 16.0 Å². The molecule has 0 saturated carbocycles. The molecular formula is C5H7Cl3O3. The van der Waals surface area contributed by atoms with Crippen LogP contribution in [0.2, 0.25) is 0 Å². The van der Waals surface area contributed by atoms with Crippen LogP contribution in [0.25, 0.3) is 0 Å². The Morgan fingerprint density at radius 2 is 1.82 bits per heavy atom. The van der Waals surface area contributed by atoms with Gasteiger partial charge in [0.25, 0.3) is 0 Å². The number of rotatable bonds is 3. The predicted octanol–water partition coefficient (Wildman–Crippen LogP) is 0.667. The predicted molar refractivity (Wildman–Crippen MR) is 43.0 cm³/mol.